The Labute approximate surface area is 142 Å². The number of rotatable bonds is 3. The summed E-state index contributed by atoms with van der Waals surface area (Å²) in [6.45, 7) is 0.531. The van der Waals surface area contributed by atoms with Gasteiger partial charge in [0.2, 0.25) is 0 Å². The summed E-state index contributed by atoms with van der Waals surface area (Å²) in [5.74, 6) is 0.0705. The third-order valence-electron chi connectivity index (χ3n) is 4.46. The van der Waals surface area contributed by atoms with E-state index in [-0.39, 0.29) is 22.3 Å². The fraction of sp³-hybridized carbons (Fsp3) is 0.692. The first-order valence-corrected chi connectivity index (χ1v) is 10.5. The minimum absolute atomic E-state index is 0.0705. The minimum Gasteiger partial charge on any atom is -0.393 e. The maximum atomic E-state index is 12.8. The first-order chi connectivity index (χ1) is 9.91. The average Bonchev–Trinajstić information content (AvgIpc) is 3.11. The Morgan fingerprint density at radius 3 is 2.67 bits per heavy atom. The van der Waals surface area contributed by atoms with Crippen molar-refractivity contribution in [3.8, 4) is 0 Å². The molecule has 0 spiro atoms. The fourth-order valence-corrected chi connectivity index (χ4v) is 7.75. The quantitative estimate of drug-likeness (QED) is 0.824. The number of nitrogens with zero attached hydrogens (tertiary/aromatic N) is 1. The van der Waals surface area contributed by atoms with Crippen LogP contribution in [0, 0.1) is 5.92 Å². The molecule has 1 aliphatic heterocycles. The molecule has 118 valence electrons. The van der Waals surface area contributed by atoms with Crippen LogP contribution in [-0.4, -0.2) is 36.5 Å². The number of halogens is 2. The SMILES string of the molecule is O=S(=O)(c1cc(Cl)c(Br)s1)N1CCCC1C1CCCC1O. The lowest BCUT2D eigenvalue weighted by atomic mass is 9.95. The van der Waals surface area contributed by atoms with Gasteiger partial charge in [-0.1, -0.05) is 18.0 Å². The monoisotopic (exact) mass is 413 g/mol. The summed E-state index contributed by atoms with van der Waals surface area (Å²) in [6.07, 6.45) is 3.99. The summed E-state index contributed by atoms with van der Waals surface area (Å²) in [5.41, 5.74) is 0. The van der Waals surface area contributed by atoms with Gasteiger partial charge >= 0.3 is 0 Å². The summed E-state index contributed by atoms with van der Waals surface area (Å²) >= 11 is 10.4. The van der Waals surface area contributed by atoms with E-state index in [4.69, 9.17) is 11.6 Å². The molecule has 3 rings (SSSR count). The molecule has 8 heteroatoms. The van der Waals surface area contributed by atoms with Crippen molar-refractivity contribution in [2.24, 2.45) is 5.92 Å². The Balaban J connectivity index is 1.90. The average molecular weight is 415 g/mol. The van der Waals surface area contributed by atoms with Crippen LogP contribution in [0.5, 0.6) is 0 Å². The highest BCUT2D eigenvalue weighted by atomic mass is 79.9. The van der Waals surface area contributed by atoms with Gasteiger partial charge in [-0.05, 0) is 47.7 Å². The van der Waals surface area contributed by atoms with Crippen molar-refractivity contribution in [1.29, 1.82) is 0 Å². The molecule has 1 aliphatic carbocycles. The molecular formula is C13H17BrClNO3S2. The van der Waals surface area contributed by atoms with E-state index in [0.29, 0.717) is 15.4 Å². The van der Waals surface area contributed by atoms with Crippen molar-refractivity contribution in [3.63, 3.8) is 0 Å². The van der Waals surface area contributed by atoms with E-state index in [1.165, 1.54) is 6.07 Å². The van der Waals surface area contributed by atoms with Gasteiger partial charge in [-0.2, -0.15) is 4.31 Å². The normalized spacial score (nSPS) is 31.1. The predicted molar refractivity (Wildman–Crippen MR) is 87.3 cm³/mol. The van der Waals surface area contributed by atoms with Crippen LogP contribution in [0.15, 0.2) is 14.1 Å². The number of thiophene rings is 1. The molecule has 1 aromatic heterocycles. The molecule has 2 fully saturated rings. The highest BCUT2D eigenvalue weighted by Gasteiger charge is 2.43. The smallest absolute Gasteiger partial charge is 0.252 e. The molecule has 3 atom stereocenters. The predicted octanol–water partition coefficient (Wildman–Crippen LogP) is 3.48. The van der Waals surface area contributed by atoms with Gasteiger partial charge in [-0.25, -0.2) is 8.42 Å². The molecule has 1 aromatic rings. The van der Waals surface area contributed by atoms with Crippen molar-refractivity contribution in [3.05, 3.63) is 14.9 Å². The van der Waals surface area contributed by atoms with E-state index in [2.05, 4.69) is 15.9 Å². The summed E-state index contributed by atoms with van der Waals surface area (Å²) in [5, 5.41) is 10.5. The second kappa shape index (κ2) is 6.09. The van der Waals surface area contributed by atoms with Gasteiger partial charge in [0.05, 0.1) is 14.9 Å². The molecule has 2 aliphatic rings. The van der Waals surface area contributed by atoms with E-state index >= 15 is 0 Å². The fourth-order valence-electron chi connectivity index (χ4n) is 3.48. The molecule has 21 heavy (non-hydrogen) atoms. The third-order valence-corrected chi connectivity index (χ3v) is 9.31. The molecule has 0 amide bonds. The van der Waals surface area contributed by atoms with Crippen LogP contribution in [0.1, 0.15) is 32.1 Å². The molecule has 0 aromatic carbocycles. The van der Waals surface area contributed by atoms with Crippen LogP contribution >= 0.6 is 38.9 Å². The highest BCUT2D eigenvalue weighted by molar-refractivity contribution is 9.11. The van der Waals surface area contributed by atoms with Gasteiger partial charge in [-0.3, -0.25) is 0 Å². The minimum atomic E-state index is -3.52. The molecular weight excluding hydrogens is 398 g/mol. The van der Waals surface area contributed by atoms with Crippen LogP contribution in [0.3, 0.4) is 0 Å². The van der Waals surface area contributed by atoms with E-state index in [1.54, 1.807) is 4.31 Å². The maximum absolute atomic E-state index is 12.8. The van der Waals surface area contributed by atoms with Crippen molar-refractivity contribution < 1.29 is 13.5 Å². The van der Waals surface area contributed by atoms with Crippen molar-refractivity contribution >= 4 is 48.9 Å². The van der Waals surface area contributed by atoms with Crippen molar-refractivity contribution in [2.45, 2.75) is 48.5 Å². The summed E-state index contributed by atoms with van der Waals surface area (Å²) in [6, 6.07) is 1.43. The van der Waals surface area contributed by atoms with Crippen LogP contribution < -0.4 is 0 Å². The second-order valence-electron chi connectivity index (χ2n) is 5.67. The zero-order valence-corrected chi connectivity index (χ0v) is 15.3. The van der Waals surface area contributed by atoms with Gasteiger partial charge in [0, 0.05) is 18.5 Å². The van der Waals surface area contributed by atoms with Crippen molar-refractivity contribution in [2.75, 3.05) is 6.54 Å². The van der Waals surface area contributed by atoms with Crippen LogP contribution in [-0.2, 0) is 10.0 Å². The summed E-state index contributed by atoms with van der Waals surface area (Å²) in [4.78, 5) is 0. The Morgan fingerprint density at radius 1 is 1.33 bits per heavy atom. The molecule has 1 saturated carbocycles. The summed E-state index contributed by atoms with van der Waals surface area (Å²) < 4.78 is 28.2. The lowest BCUT2D eigenvalue weighted by Crippen LogP contribution is -2.42. The largest absolute Gasteiger partial charge is 0.393 e. The van der Waals surface area contributed by atoms with E-state index in [0.717, 1.165) is 43.4 Å². The number of sulfonamides is 1. The van der Waals surface area contributed by atoms with Crippen molar-refractivity contribution in [1.82, 2.24) is 4.31 Å². The maximum Gasteiger partial charge on any atom is 0.252 e. The third kappa shape index (κ3) is 2.93. The highest BCUT2D eigenvalue weighted by Crippen LogP contribution is 2.41. The molecule has 1 N–H and O–H groups in total. The molecule has 2 heterocycles. The topological polar surface area (TPSA) is 57.6 Å². The van der Waals surface area contributed by atoms with E-state index in [1.807, 2.05) is 0 Å². The van der Waals surface area contributed by atoms with Crippen LogP contribution in [0.25, 0.3) is 0 Å². The summed E-state index contributed by atoms with van der Waals surface area (Å²) in [7, 11) is -3.52. The molecule has 3 unspecified atom stereocenters. The Kier molecular flexibility index (Phi) is 4.70. The Hall–Kier alpha value is 0.340. The lowest BCUT2D eigenvalue weighted by Gasteiger charge is -2.30. The number of aliphatic hydroxyl groups excluding tert-OH is 1. The molecule has 0 radical (unpaired) electrons. The van der Waals surface area contributed by atoms with Gasteiger partial charge in [0.1, 0.15) is 4.21 Å². The zero-order chi connectivity index (χ0) is 15.2. The molecule has 1 saturated heterocycles. The van der Waals surface area contributed by atoms with E-state index in [9.17, 15) is 13.5 Å². The van der Waals surface area contributed by atoms with Gasteiger partial charge in [-0.15, -0.1) is 11.3 Å². The number of hydrogen-bond acceptors (Lipinski definition) is 4. The number of hydrogen-bond donors (Lipinski definition) is 1. The first kappa shape index (κ1) is 16.2. The lowest BCUT2D eigenvalue weighted by molar-refractivity contribution is 0.0975. The Bertz CT molecular complexity index is 614. The second-order valence-corrected chi connectivity index (χ2v) is 10.6. The van der Waals surface area contributed by atoms with E-state index < -0.39 is 10.0 Å². The molecule has 0 bridgehead atoms. The van der Waals surface area contributed by atoms with Crippen LogP contribution in [0.4, 0.5) is 0 Å². The van der Waals surface area contributed by atoms with Crippen LogP contribution in [0.2, 0.25) is 5.02 Å². The Morgan fingerprint density at radius 2 is 2.10 bits per heavy atom. The first-order valence-electron chi connectivity index (χ1n) is 7.06. The molecule has 4 nitrogen and oxygen atoms in total. The van der Waals surface area contributed by atoms with Gasteiger partial charge < -0.3 is 5.11 Å². The van der Waals surface area contributed by atoms with Gasteiger partial charge in [0.25, 0.3) is 10.0 Å². The standard InChI is InChI=1S/C13H17BrClNO3S2/c14-13-9(15)7-12(20-13)21(18,19)16-6-2-4-10(16)8-3-1-5-11(8)17/h7-8,10-11,17H,1-6H2. The zero-order valence-electron chi connectivity index (χ0n) is 11.3. The van der Waals surface area contributed by atoms with Gasteiger partial charge in [0.15, 0.2) is 0 Å². The number of aliphatic hydroxyl groups is 1.